The lowest BCUT2D eigenvalue weighted by molar-refractivity contribution is -0.117. The Kier molecular flexibility index (Phi) is 5.74. The lowest BCUT2D eigenvalue weighted by atomic mass is 10.2. The van der Waals surface area contributed by atoms with Gasteiger partial charge >= 0.3 is 0 Å². The van der Waals surface area contributed by atoms with Crippen LogP contribution in [0.1, 0.15) is 18.9 Å². The Hall–Kier alpha value is -1.46. The summed E-state index contributed by atoms with van der Waals surface area (Å²) in [4.78, 5) is 17.6. The van der Waals surface area contributed by atoms with Crippen LogP contribution < -0.4 is 5.32 Å². The molecule has 0 aliphatic rings. The number of carbonyl (C=O) groups excluding carboxylic acids is 1. The largest absolute Gasteiger partial charge is 0.392 e. The third kappa shape index (κ3) is 5.25. The van der Waals surface area contributed by atoms with E-state index in [4.69, 9.17) is 0 Å². The van der Waals surface area contributed by atoms with Crippen molar-refractivity contribution in [3.8, 4) is 0 Å². The SMILES string of the molecule is CC[C@@H](O)CN(C)CC(=O)Nc1ccc(C)cn1. The van der Waals surface area contributed by atoms with Gasteiger partial charge in [0.25, 0.3) is 0 Å². The van der Waals surface area contributed by atoms with Crippen molar-refractivity contribution in [1.82, 2.24) is 9.88 Å². The molecule has 2 N–H and O–H groups in total. The Balaban J connectivity index is 2.39. The fraction of sp³-hybridized carbons (Fsp3) is 0.538. The van der Waals surface area contributed by atoms with Crippen LogP contribution in [0, 0.1) is 6.92 Å². The molecule has 0 aliphatic heterocycles. The number of nitrogens with zero attached hydrogens (tertiary/aromatic N) is 2. The average Bonchev–Trinajstić information content (AvgIpc) is 2.31. The van der Waals surface area contributed by atoms with Crippen molar-refractivity contribution in [2.24, 2.45) is 0 Å². The van der Waals surface area contributed by atoms with Gasteiger partial charge in [0.1, 0.15) is 5.82 Å². The summed E-state index contributed by atoms with van der Waals surface area (Å²) < 4.78 is 0. The van der Waals surface area contributed by atoms with Crippen LogP contribution in [0.5, 0.6) is 0 Å². The zero-order valence-electron chi connectivity index (χ0n) is 11.2. The lowest BCUT2D eigenvalue weighted by Crippen LogP contribution is -2.35. The molecule has 0 saturated heterocycles. The number of nitrogens with one attached hydrogen (secondary N) is 1. The summed E-state index contributed by atoms with van der Waals surface area (Å²) in [5.41, 5.74) is 1.05. The van der Waals surface area contributed by atoms with E-state index in [0.29, 0.717) is 18.8 Å². The third-order valence-corrected chi connectivity index (χ3v) is 2.59. The number of aryl methyl sites for hydroxylation is 1. The summed E-state index contributed by atoms with van der Waals surface area (Å²) in [6, 6.07) is 3.67. The van der Waals surface area contributed by atoms with E-state index in [1.807, 2.05) is 19.9 Å². The molecule has 0 spiro atoms. The van der Waals surface area contributed by atoms with Crippen molar-refractivity contribution in [1.29, 1.82) is 0 Å². The van der Waals surface area contributed by atoms with Gasteiger partial charge < -0.3 is 10.4 Å². The van der Waals surface area contributed by atoms with Gasteiger partial charge in [0.15, 0.2) is 0 Å². The number of anilines is 1. The van der Waals surface area contributed by atoms with E-state index in [1.54, 1.807) is 24.2 Å². The molecular formula is C13H21N3O2. The first-order chi connectivity index (χ1) is 8.51. The molecule has 0 aliphatic carbocycles. The van der Waals surface area contributed by atoms with E-state index in [9.17, 15) is 9.90 Å². The van der Waals surface area contributed by atoms with Gasteiger partial charge in [0.2, 0.25) is 5.91 Å². The van der Waals surface area contributed by atoms with Crippen LogP contribution in [0.4, 0.5) is 5.82 Å². The minimum Gasteiger partial charge on any atom is -0.392 e. The maximum absolute atomic E-state index is 11.7. The molecule has 5 nitrogen and oxygen atoms in total. The molecule has 1 aromatic heterocycles. The van der Waals surface area contributed by atoms with Crippen LogP contribution >= 0.6 is 0 Å². The second-order valence-electron chi connectivity index (χ2n) is 4.53. The monoisotopic (exact) mass is 251 g/mol. The molecule has 0 saturated carbocycles. The van der Waals surface area contributed by atoms with E-state index < -0.39 is 0 Å². The van der Waals surface area contributed by atoms with Gasteiger partial charge in [0.05, 0.1) is 12.6 Å². The van der Waals surface area contributed by atoms with Crippen LogP contribution in [0.15, 0.2) is 18.3 Å². The molecule has 1 heterocycles. The highest BCUT2D eigenvalue weighted by atomic mass is 16.3. The van der Waals surface area contributed by atoms with Gasteiger partial charge in [-0.05, 0) is 32.0 Å². The van der Waals surface area contributed by atoms with Crippen LogP contribution in [0.25, 0.3) is 0 Å². The maximum atomic E-state index is 11.7. The summed E-state index contributed by atoms with van der Waals surface area (Å²) >= 11 is 0. The Morgan fingerprint density at radius 2 is 2.28 bits per heavy atom. The highest BCUT2D eigenvalue weighted by Crippen LogP contribution is 2.03. The molecule has 0 aromatic carbocycles. The summed E-state index contributed by atoms with van der Waals surface area (Å²) in [6.45, 7) is 4.59. The predicted octanol–water partition coefficient (Wildman–Crippen LogP) is 1.03. The number of amides is 1. The van der Waals surface area contributed by atoms with Gasteiger partial charge in [-0.15, -0.1) is 0 Å². The Morgan fingerprint density at radius 3 is 2.83 bits per heavy atom. The zero-order valence-corrected chi connectivity index (χ0v) is 11.2. The van der Waals surface area contributed by atoms with Gasteiger partial charge in [-0.1, -0.05) is 13.0 Å². The first-order valence-electron chi connectivity index (χ1n) is 6.10. The maximum Gasteiger partial charge on any atom is 0.239 e. The van der Waals surface area contributed by atoms with Gasteiger partial charge in [-0.3, -0.25) is 9.69 Å². The first kappa shape index (κ1) is 14.6. The Labute approximate surface area is 108 Å². The molecule has 5 heteroatoms. The standard InChI is InChI=1S/C13H21N3O2/c1-4-11(17)8-16(3)9-13(18)15-12-6-5-10(2)7-14-12/h5-7,11,17H,4,8-9H2,1-3H3,(H,14,15,18)/t11-/m1/s1. The number of aliphatic hydroxyl groups is 1. The second kappa shape index (κ2) is 7.08. The molecule has 0 bridgehead atoms. The Morgan fingerprint density at radius 1 is 1.56 bits per heavy atom. The third-order valence-electron chi connectivity index (χ3n) is 2.59. The quantitative estimate of drug-likeness (QED) is 0.792. The van der Waals surface area contributed by atoms with Gasteiger partial charge in [0, 0.05) is 12.7 Å². The van der Waals surface area contributed by atoms with E-state index in [0.717, 1.165) is 5.56 Å². The van der Waals surface area contributed by atoms with E-state index in [1.165, 1.54) is 0 Å². The number of hydrogen-bond donors (Lipinski definition) is 2. The number of aliphatic hydroxyl groups excluding tert-OH is 1. The molecule has 0 fully saturated rings. The molecule has 0 unspecified atom stereocenters. The van der Waals surface area contributed by atoms with Crippen molar-refractivity contribution in [2.75, 3.05) is 25.5 Å². The number of carbonyl (C=O) groups is 1. The van der Waals surface area contributed by atoms with Gasteiger partial charge in [-0.2, -0.15) is 0 Å². The highest BCUT2D eigenvalue weighted by Gasteiger charge is 2.10. The molecule has 1 rings (SSSR count). The van der Waals surface area contributed by atoms with Crippen molar-refractivity contribution >= 4 is 11.7 Å². The van der Waals surface area contributed by atoms with E-state index in [2.05, 4.69) is 10.3 Å². The minimum absolute atomic E-state index is 0.128. The summed E-state index contributed by atoms with van der Waals surface area (Å²) in [6.07, 6.45) is 2.01. The Bertz CT molecular complexity index is 378. The highest BCUT2D eigenvalue weighted by molar-refractivity contribution is 5.91. The van der Waals surface area contributed by atoms with Crippen LogP contribution in [-0.2, 0) is 4.79 Å². The topological polar surface area (TPSA) is 65.5 Å². The van der Waals surface area contributed by atoms with Crippen LogP contribution in [0.2, 0.25) is 0 Å². The van der Waals surface area contributed by atoms with E-state index in [-0.39, 0.29) is 18.6 Å². The average molecular weight is 251 g/mol. The smallest absolute Gasteiger partial charge is 0.239 e. The molecule has 1 aromatic rings. The molecule has 100 valence electrons. The van der Waals surface area contributed by atoms with Crippen molar-refractivity contribution in [3.05, 3.63) is 23.9 Å². The molecule has 18 heavy (non-hydrogen) atoms. The normalized spacial score (nSPS) is 12.5. The summed E-state index contributed by atoms with van der Waals surface area (Å²) in [5, 5.41) is 12.2. The predicted molar refractivity (Wildman–Crippen MR) is 71.4 cm³/mol. The lowest BCUT2D eigenvalue weighted by Gasteiger charge is -2.18. The van der Waals surface area contributed by atoms with Crippen molar-refractivity contribution < 1.29 is 9.90 Å². The number of rotatable bonds is 6. The number of likely N-dealkylation sites (N-methyl/N-ethyl adjacent to an activating group) is 1. The van der Waals surface area contributed by atoms with Crippen molar-refractivity contribution in [3.63, 3.8) is 0 Å². The van der Waals surface area contributed by atoms with Crippen LogP contribution in [-0.4, -0.2) is 47.1 Å². The summed E-state index contributed by atoms with van der Waals surface area (Å²) in [5.74, 6) is 0.423. The minimum atomic E-state index is -0.389. The number of aromatic nitrogens is 1. The van der Waals surface area contributed by atoms with Crippen molar-refractivity contribution in [2.45, 2.75) is 26.4 Å². The number of hydrogen-bond acceptors (Lipinski definition) is 4. The zero-order chi connectivity index (χ0) is 13.5. The number of pyridine rings is 1. The van der Waals surface area contributed by atoms with E-state index >= 15 is 0 Å². The fourth-order valence-electron chi connectivity index (χ4n) is 1.52. The second-order valence-corrected chi connectivity index (χ2v) is 4.53. The van der Waals surface area contributed by atoms with Gasteiger partial charge in [-0.25, -0.2) is 4.98 Å². The molecule has 1 atom stereocenters. The first-order valence-corrected chi connectivity index (χ1v) is 6.10. The summed E-state index contributed by atoms with van der Waals surface area (Å²) in [7, 11) is 1.81. The molecule has 1 amide bonds. The fourth-order valence-corrected chi connectivity index (χ4v) is 1.52. The molecular weight excluding hydrogens is 230 g/mol. The van der Waals surface area contributed by atoms with Crippen LogP contribution in [0.3, 0.4) is 0 Å². The molecule has 0 radical (unpaired) electrons.